The summed E-state index contributed by atoms with van der Waals surface area (Å²) in [5.41, 5.74) is 0.973. The second-order valence-electron chi connectivity index (χ2n) is 8.21. The Hall–Kier alpha value is -2.16. The van der Waals surface area contributed by atoms with Gasteiger partial charge in [-0.2, -0.15) is 0 Å². The topological polar surface area (TPSA) is 85.0 Å². The Balaban J connectivity index is 0.000000970. The molecule has 0 atom stereocenters. The van der Waals surface area contributed by atoms with Crippen molar-refractivity contribution in [2.75, 3.05) is 57.3 Å². The molecule has 0 aromatic heterocycles. The van der Waals surface area contributed by atoms with Gasteiger partial charge in [0.05, 0.1) is 10.7 Å². The van der Waals surface area contributed by atoms with Crippen molar-refractivity contribution < 1.29 is 14.4 Å². The van der Waals surface area contributed by atoms with Gasteiger partial charge in [-0.25, -0.2) is 4.79 Å². The molecule has 0 bridgehead atoms. The van der Waals surface area contributed by atoms with Gasteiger partial charge >= 0.3 is 6.03 Å². The molecular weight excluding hydrogens is 454 g/mol. The van der Waals surface area contributed by atoms with Crippen LogP contribution in [-0.4, -0.2) is 80.0 Å². The average Bonchev–Trinajstić information content (AvgIpc) is 2.88. The van der Waals surface area contributed by atoms with Crippen molar-refractivity contribution in [2.45, 2.75) is 47.0 Å². The molecule has 0 unspecified atom stereocenters. The van der Waals surface area contributed by atoms with Gasteiger partial charge in [0.25, 0.3) is 5.91 Å². The van der Waals surface area contributed by atoms with E-state index in [9.17, 15) is 14.4 Å². The van der Waals surface area contributed by atoms with E-state index < -0.39 is 6.03 Å². The molecule has 2 N–H and O–H groups in total. The van der Waals surface area contributed by atoms with E-state index >= 15 is 0 Å². The molecule has 4 amide bonds. The van der Waals surface area contributed by atoms with Crippen LogP contribution in [0.25, 0.3) is 0 Å². The maximum atomic E-state index is 13.1. The fourth-order valence-corrected chi connectivity index (χ4v) is 4.63. The first-order chi connectivity index (χ1) is 16.5. The number of halogens is 1. The predicted octanol–water partition coefficient (Wildman–Crippen LogP) is 3.60. The minimum absolute atomic E-state index is 0.0398. The lowest BCUT2D eigenvalue weighted by atomic mass is 9.95. The largest absolute Gasteiger partial charge is 0.339 e. The zero-order chi connectivity index (χ0) is 25.1. The van der Waals surface area contributed by atoms with Gasteiger partial charge < -0.3 is 15.1 Å². The molecule has 1 aromatic rings. The monoisotopic (exact) mass is 493 g/mol. The number of imide groups is 1. The summed E-state index contributed by atoms with van der Waals surface area (Å²) in [6, 6.07) is 4.50. The van der Waals surface area contributed by atoms with Gasteiger partial charge in [-0.3, -0.25) is 19.8 Å². The molecule has 3 heterocycles. The Labute approximate surface area is 209 Å². The molecule has 9 heteroatoms. The van der Waals surface area contributed by atoms with Crippen molar-refractivity contribution in [3.8, 4) is 0 Å². The highest BCUT2D eigenvalue weighted by molar-refractivity contribution is 6.34. The highest BCUT2D eigenvalue weighted by Crippen LogP contribution is 2.29. The second-order valence-corrected chi connectivity index (χ2v) is 8.61. The van der Waals surface area contributed by atoms with Crippen molar-refractivity contribution in [2.24, 2.45) is 5.92 Å². The molecule has 3 fully saturated rings. The SMILES string of the molecule is CC.CC.O=C1CCN(c2cc(C(=O)N3CCC(CN4CCNCC4)CC3)ccc2Cl)C(=O)N1. The van der Waals surface area contributed by atoms with E-state index in [-0.39, 0.29) is 24.8 Å². The predicted molar refractivity (Wildman–Crippen MR) is 138 cm³/mol. The number of piperazine rings is 1. The highest BCUT2D eigenvalue weighted by Gasteiger charge is 2.29. The Morgan fingerprint density at radius 1 is 1.00 bits per heavy atom. The molecule has 3 aliphatic heterocycles. The van der Waals surface area contributed by atoms with Crippen LogP contribution < -0.4 is 15.5 Å². The summed E-state index contributed by atoms with van der Waals surface area (Å²) in [7, 11) is 0. The molecule has 190 valence electrons. The van der Waals surface area contributed by atoms with Gasteiger partial charge in [-0.15, -0.1) is 0 Å². The molecule has 3 saturated heterocycles. The number of carbonyl (C=O) groups excluding carboxylic acids is 3. The fraction of sp³-hybridized carbons (Fsp3) is 0.640. The molecule has 0 spiro atoms. The number of nitrogens with one attached hydrogen (secondary N) is 2. The third-order valence-corrected chi connectivity index (χ3v) is 6.49. The number of amides is 4. The lowest BCUT2D eigenvalue weighted by Gasteiger charge is -2.36. The van der Waals surface area contributed by atoms with Crippen LogP contribution >= 0.6 is 11.6 Å². The van der Waals surface area contributed by atoms with Crippen molar-refractivity contribution in [1.29, 1.82) is 0 Å². The van der Waals surface area contributed by atoms with Gasteiger partial charge in [-0.1, -0.05) is 39.3 Å². The maximum Gasteiger partial charge on any atom is 0.328 e. The van der Waals surface area contributed by atoms with E-state index in [4.69, 9.17) is 11.6 Å². The number of anilines is 1. The summed E-state index contributed by atoms with van der Waals surface area (Å²) in [6.45, 7) is 15.2. The number of hydrogen-bond acceptors (Lipinski definition) is 5. The van der Waals surface area contributed by atoms with Crippen LogP contribution in [0.2, 0.25) is 5.02 Å². The van der Waals surface area contributed by atoms with Crippen molar-refractivity contribution in [1.82, 2.24) is 20.4 Å². The summed E-state index contributed by atoms with van der Waals surface area (Å²) in [5, 5.41) is 6.05. The normalized spacial score (nSPS) is 19.4. The Bertz CT molecular complexity index is 821. The van der Waals surface area contributed by atoms with Crippen molar-refractivity contribution >= 4 is 35.1 Å². The van der Waals surface area contributed by atoms with Crippen LogP contribution in [0.15, 0.2) is 18.2 Å². The van der Waals surface area contributed by atoms with Crippen LogP contribution in [0.5, 0.6) is 0 Å². The van der Waals surface area contributed by atoms with Gasteiger partial charge in [0.1, 0.15) is 0 Å². The Kier molecular flexibility index (Phi) is 11.8. The van der Waals surface area contributed by atoms with Crippen molar-refractivity contribution in [3.05, 3.63) is 28.8 Å². The molecule has 1 aromatic carbocycles. The summed E-state index contributed by atoms with van der Waals surface area (Å²) in [5.74, 6) is 0.285. The van der Waals surface area contributed by atoms with Crippen LogP contribution in [0.3, 0.4) is 0 Å². The number of hydrogen-bond donors (Lipinski definition) is 2. The van der Waals surface area contributed by atoms with Crippen LogP contribution in [-0.2, 0) is 4.79 Å². The molecule has 8 nitrogen and oxygen atoms in total. The number of carbonyl (C=O) groups is 3. The quantitative estimate of drug-likeness (QED) is 0.669. The minimum atomic E-state index is -0.508. The molecule has 4 rings (SSSR count). The first kappa shape index (κ1) is 28.1. The molecule has 0 aliphatic carbocycles. The summed E-state index contributed by atoms with van der Waals surface area (Å²) in [4.78, 5) is 42.5. The fourth-order valence-electron chi connectivity index (χ4n) is 4.41. The van der Waals surface area contributed by atoms with Gasteiger partial charge in [0.2, 0.25) is 5.91 Å². The molecule has 3 aliphatic rings. The smallest absolute Gasteiger partial charge is 0.328 e. The number of piperidine rings is 1. The number of benzene rings is 1. The van der Waals surface area contributed by atoms with Gasteiger partial charge in [-0.05, 0) is 37.0 Å². The van der Waals surface area contributed by atoms with Crippen LogP contribution in [0, 0.1) is 5.92 Å². The highest BCUT2D eigenvalue weighted by atomic mass is 35.5. The first-order valence-electron chi connectivity index (χ1n) is 12.6. The lowest BCUT2D eigenvalue weighted by Crippen LogP contribution is -2.49. The van der Waals surface area contributed by atoms with Crippen molar-refractivity contribution in [3.63, 3.8) is 0 Å². The third-order valence-electron chi connectivity index (χ3n) is 6.17. The van der Waals surface area contributed by atoms with E-state index in [2.05, 4.69) is 15.5 Å². The van der Waals surface area contributed by atoms with E-state index in [0.717, 1.165) is 58.7 Å². The number of rotatable bonds is 4. The zero-order valence-electron chi connectivity index (χ0n) is 21.0. The average molecular weight is 494 g/mol. The number of nitrogens with zero attached hydrogens (tertiary/aromatic N) is 3. The Morgan fingerprint density at radius 3 is 2.26 bits per heavy atom. The maximum absolute atomic E-state index is 13.1. The third kappa shape index (κ3) is 7.42. The van der Waals surface area contributed by atoms with E-state index in [1.165, 1.54) is 4.90 Å². The van der Waals surface area contributed by atoms with Gasteiger partial charge in [0.15, 0.2) is 0 Å². The van der Waals surface area contributed by atoms with E-state index in [0.29, 0.717) is 22.2 Å². The van der Waals surface area contributed by atoms with E-state index in [1.807, 2.05) is 32.6 Å². The Morgan fingerprint density at radius 2 is 1.65 bits per heavy atom. The summed E-state index contributed by atoms with van der Waals surface area (Å²) >= 11 is 6.29. The minimum Gasteiger partial charge on any atom is -0.339 e. The second kappa shape index (κ2) is 14.3. The number of urea groups is 1. The molecule has 0 radical (unpaired) electrons. The standard InChI is InChI=1S/C21H28ClN5O3.2C2H6/c22-17-2-1-16(13-18(17)27-10-5-19(28)24-21(27)30)20(29)26-8-3-15(4-9-26)14-25-11-6-23-7-12-25;2*1-2/h1-2,13,15,23H,3-12,14H2,(H,24,28,30);2*1-2H3. The first-order valence-corrected chi connectivity index (χ1v) is 13.0. The van der Waals surface area contributed by atoms with E-state index in [1.54, 1.807) is 18.2 Å². The lowest BCUT2D eigenvalue weighted by molar-refractivity contribution is -0.120. The molecule has 0 saturated carbocycles. The van der Waals surface area contributed by atoms with Gasteiger partial charge in [0, 0.05) is 64.3 Å². The molecular formula is C25H40ClN5O3. The summed E-state index contributed by atoms with van der Waals surface area (Å²) < 4.78 is 0. The molecule has 34 heavy (non-hydrogen) atoms. The van der Waals surface area contributed by atoms with Crippen LogP contribution in [0.4, 0.5) is 10.5 Å². The number of likely N-dealkylation sites (tertiary alicyclic amines) is 1. The summed E-state index contributed by atoms with van der Waals surface area (Å²) in [6.07, 6.45) is 2.22. The van der Waals surface area contributed by atoms with Crippen LogP contribution in [0.1, 0.15) is 57.3 Å². The zero-order valence-corrected chi connectivity index (χ0v) is 21.8.